The minimum Gasteiger partial charge on any atom is -0.507 e. The highest BCUT2D eigenvalue weighted by Crippen LogP contribution is 2.25. The van der Waals surface area contributed by atoms with E-state index in [0.717, 1.165) is 38.1 Å². The van der Waals surface area contributed by atoms with Crippen molar-refractivity contribution in [2.24, 2.45) is 11.8 Å². The Hall–Kier alpha value is -1.42. The summed E-state index contributed by atoms with van der Waals surface area (Å²) in [6.45, 7) is 6.53. The molecule has 1 aromatic carbocycles. The molecule has 1 fully saturated rings. The van der Waals surface area contributed by atoms with Gasteiger partial charge in [0.2, 0.25) is 0 Å². The summed E-state index contributed by atoms with van der Waals surface area (Å²) in [6, 6.07) is 3.51. The van der Waals surface area contributed by atoms with Crippen molar-refractivity contribution in [3.63, 3.8) is 0 Å². The third kappa shape index (κ3) is 4.27. The van der Waals surface area contributed by atoms with Gasteiger partial charge >= 0.3 is 0 Å². The van der Waals surface area contributed by atoms with Gasteiger partial charge in [-0.05, 0) is 62.4 Å². The van der Waals surface area contributed by atoms with Gasteiger partial charge in [0, 0.05) is 0 Å². The summed E-state index contributed by atoms with van der Waals surface area (Å²) in [5.41, 5.74) is 0.0830. The number of hydrogen-bond acceptors (Lipinski definition) is 3. The molecular weight excluding hydrogens is 269 g/mol. The molecule has 0 aromatic heterocycles. The van der Waals surface area contributed by atoms with E-state index in [-0.39, 0.29) is 23.6 Å². The van der Waals surface area contributed by atoms with Gasteiger partial charge in [0.1, 0.15) is 11.6 Å². The summed E-state index contributed by atoms with van der Waals surface area (Å²) in [6.07, 6.45) is 3.39. The van der Waals surface area contributed by atoms with Crippen LogP contribution in [0, 0.1) is 17.7 Å². The second-order valence-electron chi connectivity index (χ2n) is 6.30. The van der Waals surface area contributed by atoms with Crippen molar-refractivity contribution in [1.29, 1.82) is 0 Å². The molecule has 1 saturated heterocycles. The van der Waals surface area contributed by atoms with Crippen LogP contribution in [-0.2, 0) is 0 Å². The van der Waals surface area contributed by atoms with Gasteiger partial charge in [-0.25, -0.2) is 4.39 Å². The predicted molar refractivity (Wildman–Crippen MR) is 81.0 cm³/mol. The minimum atomic E-state index is -0.494. The number of likely N-dealkylation sites (tertiary alicyclic amines) is 1. The fourth-order valence-electron chi connectivity index (χ4n) is 3.03. The molecule has 3 nitrogen and oxygen atoms in total. The number of Topliss-reactive ketones (excluding diaryl/α,β-unsaturated/α-hetero) is 1. The van der Waals surface area contributed by atoms with Crippen molar-refractivity contribution in [3.8, 4) is 5.75 Å². The van der Waals surface area contributed by atoms with E-state index in [2.05, 4.69) is 18.7 Å². The average molecular weight is 293 g/mol. The third-order valence-corrected chi connectivity index (χ3v) is 4.43. The standard InChI is InChI=1S/C17H24FNO2/c1-12(2)13-4-3-8-19(9-7-13)11-17(21)15-10-14(18)5-6-16(15)20/h5-6,10,12-13,20H,3-4,7-9,11H2,1-2H3. The van der Waals surface area contributed by atoms with Crippen LogP contribution in [0.5, 0.6) is 5.75 Å². The Morgan fingerprint density at radius 1 is 1.38 bits per heavy atom. The van der Waals surface area contributed by atoms with Crippen LogP contribution in [0.3, 0.4) is 0 Å². The molecule has 1 aliphatic heterocycles. The smallest absolute Gasteiger partial charge is 0.180 e. The van der Waals surface area contributed by atoms with Crippen molar-refractivity contribution in [2.75, 3.05) is 19.6 Å². The number of carbonyl (C=O) groups excluding carboxylic acids is 1. The normalized spacial score (nSPS) is 20.5. The number of ketones is 1. The molecule has 0 aliphatic carbocycles. The number of nitrogens with zero attached hydrogens (tertiary/aromatic N) is 1. The van der Waals surface area contributed by atoms with E-state index in [4.69, 9.17) is 0 Å². The van der Waals surface area contributed by atoms with E-state index in [1.807, 2.05) is 0 Å². The topological polar surface area (TPSA) is 40.5 Å². The van der Waals surface area contributed by atoms with Crippen LogP contribution >= 0.6 is 0 Å². The zero-order chi connectivity index (χ0) is 15.4. The van der Waals surface area contributed by atoms with Gasteiger partial charge in [-0.2, -0.15) is 0 Å². The van der Waals surface area contributed by atoms with Crippen LogP contribution in [0.4, 0.5) is 4.39 Å². The molecule has 1 aromatic rings. The van der Waals surface area contributed by atoms with Gasteiger partial charge in [0.25, 0.3) is 0 Å². The van der Waals surface area contributed by atoms with Crippen LogP contribution in [0.2, 0.25) is 0 Å². The molecule has 1 unspecified atom stereocenters. The quantitative estimate of drug-likeness (QED) is 0.864. The number of halogens is 1. The summed E-state index contributed by atoms with van der Waals surface area (Å²) in [5.74, 6) is 0.541. The van der Waals surface area contributed by atoms with E-state index >= 15 is 0 Å². The largest absolute Gasteiger partial charge is 0.507 e. The predicted octanol–water partition coefficient (Wildman–Crippen LogP) is 3.47. The van der Waals surface area contributed by atoms with Crippen LogP contribution in [0.15, 0.2) is 18.2 Å². The third-order valence-electron chi connectivity index (χ3n) is 4.43. The molecule has 116 valence electrons. The molecule has 1 aliphatic rings. The Morgan fingerprint density at radius 3 is 2.86 bits per heavy atom. The number of hydrogen-bond donors (Lipinski definition) is 1. The van der Waals surface area contributed by atoms with Gasteiger partial charge < -0.3 is 5.11 Å². The lowest BCUT2D eigenvalue weighted by Gasteiger charge is -2.20. The minimum absolute atomic E-state index is 0.0830. The Balaban J connectivity index is 1.98. The highest BCUT2D eigenvalue weighted by Gasteiger charge is 2.22. The lowest BCUT2D eigenvalue weighted by molar-refractivity contribution is 0.0928. The molecule has 1 N–H and O–H groups in total. The zero-order valence-corrected chi connectivity index (χ0v) is 12.8. The maximum atomic E-state index is 13.2. The van der Waals surface area contributed by atoms with Crippen molar-refractivity contribution in [3.05, 3.63) is 29.6 Å². The maximum absolute atomic E-state index is 13.2. The van der Waals surface area contributed by atoms with E-state index in [9.17, 15) is 14.3 Å². The summed E-state index contributed by atoms with van der Waals surface area (Å²) in [5, 5.41) is 9.70. The molecule has 0 spiro atoms. The highest BCUT2D eigenvalue weighted by atomic mass is 19.1. The Kier molecular flexibility index (Phi) is 5.34. The summed E-state index contributed by atoms with van der Waals surface area (Å²) in [7, 11) is 0. The Bertz CT molecular complexity index is 502. The number of phenols is 1. The summed E-state index contributed by atoms with van der Waals surface area (Å²) >= 11 is 0. The van der Waals surface area contributed by atoms with Gasteiger partial charge in [-0.3, -0.25) is 9.69 Å². The fourth-order valence-corrected chi connectivity index (χ4v) is 3.03. The molecule has 21 heavy (non-hydrogen) atoms. The SMILES string of the molecule is CC(C)C1CCCN(CC(=O)c2cc(F)ccc2O)CC1. The first kappa shape index (κ1) is 16.0. The van der Waals surface area contributed by atoms with Crippen molar-refractivity contribution in [1.82, 2.24) is 4.90 Å². The first-order valence-corrected chi connectivity index (χ1v) is 7.71. The fraction of sp³-hybridized carbons (Fsp3) is 0.588. The van der Waals surface area contributed by atoms with E-state index < -0.39 is 5.82 Å². The average Bonchev–Trinajstić information content (AvgIpc) is 2.67. The Labute approximate surface area is 125 Å². The highest BCUT2D eigenvalue weighted by molar-refractivity contribution is 6.00. The maximum Gasteiger partial charge on any atom is 0.180 e. The second-order valence-corrected chi connectivity index (χ2v) is 6.30. The van der Waals surface area contributed by atoms with Gasteiger partial charge in [-0.15, -0.1) is 0 Å². The van der Waals surface area contributed by atoms with E-state index in [0.29, 0.717) is 11.8 Å². The molecular formula is C17H24FNO2. The van der Waals surface area contributed by atoms with Crippen LogP contribution < -0.4 is 0 Å². The molecule has 0 radical (unpaired) electrons. The number of carbonyl (C=O) groups is 1. The molecule has 2 rings (SSSR count). The van der Waals surface area contributed by atoms with E-state index in [1.165, 1.54) is 12.5 Å². The summed E-state index contributed by atoms with van der Waals surface area (Å²) in [4.78, 5) is 14.4. The van der Waals surface area contributed by atoms with Crippen molar-refractivity contribution < 1.29 is 14.3 Å². The van der Waals surface area contributed by atoms with Crippen LogP contribution in [0.1, 0.15) is 43.5 Å². The molecule has 0 amide bonds. The van der Waals surface area contributed by atoms with Crippen molar-refractivity contribution >= 4 is 5.78 Å². The number of phenolic OH excluding ortho intramolecular Hbond substituents is 1. The number of benzene rings is 1. The van der Waals surface area contributed by atoms with Crippen molar-refractivity contribution in [2.45, 2.75) is 33.1 Å². The number of aromatic hydroxyl groups is 1. The van der Waals surface area contributed by atoms with Crippen LogP contribution in [-0.4, -0.2) is 35.4 Å². The van der Waals surface area contributed by atoms with Gasteiger partial charge in [-0.1, -0.05) is 13.8 Å². The van der Waals surface area contributed by atoms with E-state index in [1.54, 1.807) is 0 Å². The number of rotatable bonds is 4. The second kappa shape index (κ2) is 7.03. The lowest BCUT2D eigenvalue weighted by atomic mass is 9.89. The first-order chi connectivity index (χ1) is 9.97. The van der Waals surface area contributed by atoms with Gasteiger partial charge in [0.15, 0.2) is 5.78 Å². The summed E-state index contributed by atoms with van der Waals surface area (Å²) < 4.78 is 13.2. The molecule has 0 bridgehead atoms. The molecule has 4 heteroatoms. The zero-order valence-electron chi connectivity index (χ0n) is 12.8. The lowest BCUT2D eigenvalue weighted by Crippen LogP contribution is -2.31. The molecule has 1 atom stereocenters. The first-order valence-electron chi connectivity index (χ1n) is 7.71. The van der Waals surface area contributed by atoms with Gasteiger partial charge in [0.05, 0.1) is 12.1 Å². The molecule has 1 heterocycles. The van der Waals surface area contributed by atoms with Crippen LogP contribution in [0.25, 0.3) is 0 Å². The molecule has 0 saturated carbocycles. The Morgan fingerprint density at radius 2 is 2.14 bits per heavy atom. The monoisotopic (exact) mass is 293 g/mol.